The average molecular weight is 861 g/mol. The molecule has 6 aromatic carbocycles. The number of nitrogens with zero attached hydrogens (tertiary/aromatic N) is 6. The first-order valence-electron chi connectivity index (χ1n) is 19.7. The number of nitrogens with one attached hydrogen (secondary N) is 2. The van der Waals surface area contributed by atoms with Crippen LogP contribution in [0, 0.1) is 11.6 Å². The summed E-state index contributed by atoms with van der Waals surface area (Å²) in [6.07, 6.45) is -0.861. The highest BCUT2D eigenvalue weighted by molar-refractivity contribution is 5.92. The Kier molecular flexibility index (Phi) is 13.8. The molecule has 8 aromatic rings. The number of carboxylic acids is 2. The molecule has 2 aromatic heterocycles. The zero-order valence-electron chi connectivity index (χ0n) is 33.7. The Labute approximate surface area is 364 Å². The summed E-state index contributed by atoms with van der Waals surface area (Å²) in [5, 5.41) is 32.5. The number of hydrogen-bond acceptors (Lipinski definition) is 8. The van der Waals surface area contributed by atoms with Crippen molar-refractivity contribution in [2.24, 2.45) is 0 Å². The number of halogens is 2. The standard InChI is InChI=1S/2C24H19FN4O3/c25-19-14-8-7-13-18(19)20(15-21(30)31)26-24(32)22-27-23(16-9-3-1-4-10-16)29(28-22)17-11-5-2-6-12-17;25-18-13-11-16(12-14-18)20(15-21(30)31)26-24(32)22-27-23(17-7-3-1-4-8-17)29(28-22)19-9-5-2-6-10-19/h2*1-14,20H,15H2,(H,26,32)(H,30,31)/t2*20-/m00/s1. The van der Waals surface area contributed by atoms with E-state index in [0.717, 1.165) is 16.8 Å². The zero-order valence-corrected chi connectivity index (χ0v) is 33.7. The SMILES string of the molecule is O=C(O)C[C@H](NC(=O)c1nc(-c2ccccc2)n(-c2ccccc2)n1)c1ccc(F)cc1.O=C(O)C[C@H](NC(=O)c1nc(-c2ccccc2)n(-c2ccccc2)n1)c1ccccc1F. The second-order valence-electron chi connectivity index (χ2n) is 14.1. The quantitative estimate of drug-likeness (QED) is 0.0832. The molecule has 0 fully saturated rings. The van der Waals surface area contributed by atoms with Gasteiger partial charge in [-0.15, -0.1) is 10.2 Å². The fourth-order valence-electron chi connectivity index (χ4n) is 6.60. The van der Waals surface area contributed by atoms with Gasteiger partial charge in [0.15, 0.2) is 11.6 Å². The van der Waals surface area contributed by atoms with E-state index >= 15 is 0 Å². The summed E-state index contributed by atoms with van der Waals surface area (Å²) >= 11 is 0. The van der Waals surface area contributed by atoms with E-state index in [2.05, 4.69) is 30.8 Å². The first-order valence-corrected chi connectivity index (χ1v) is 19.7. The first kappa shape index (κ1) is 43.4. The molecule has 8 rings (SSSR count). The van der Waals surface area contributed by atoms with Crippen molar-refractivity contribution in [1.29, 1.82) is 0 Å². The van der Waals surface area contributed by atoms with Crippen molar-refractivity contribution in [3.05, 3.63) is 204 Å². The second kappa shape index (κ2) is 20.3. The van der Waals surface area contributed by atoms with E-state index in [1.807, 2.05) is 121 Å². The maximum Gasteiger partial charge on any atom is 0.305 e. The lowest BCUT2D eigenvalue weighted by Gasteiger charge is -2.17. The van der Waals surface area contributed by atoms with Gasteiger partial charge in [0, 0.05) is 16.7 Å². The van der Waals surface area contributed by atoms with Gasteiger partial charge in [-0.05, 0) is 48.0 Å². The minimum absolute atomic E-state index is 0.0778. The molecule has 320 valence electrons. The maximum atomic E-state index is 14.3. The minimum Gasteiger partial charge on any atom is -0.481 e. The fraction of sp³-hybridized carbons (Fsp3) is 0.0833. The highest BCUT2D eigenvalue weighted by Crippen LogP contribution is 2.25. The number of carboxylic acid groups (broad SMARTS) is 2. The number of aliphatic carboxylic acids is 2. The zero-order chi connectivity index (χ0) is 45.0. The number of hydrogen-bond donors (Lipinski definition) is 4. The average Bonchev–Trinajstić information content (AvgIpc) is 3.97. The van der Waals surface area contributed by atoms with Gasteiger partial charge in [0.1, 0.15) is 11.6 Å². The Morgan fingerprint density at radius 2 is 0.891 bits per heavy atom. The smallest absolute Gasteiger partial charge is 0.305 e. The summed E-state index contributed by atoms with van der Waals surface area (Å²) in [7, 11) is 0. The number of rotatable bonds is 14. The molecule has 64 heavy (non-hydrogen) atoms. The van der Waals surface area contributed by atoms with Crippen LogP contribution in [0.4, 0.5) is 8.78 Å². The van der Waals surface area contributed by atoms with E-state index in [1.165, 1.54) is 42.5 Å². The molecule has 2 heterocycles. The highest BCUT2D eigenvalue weighted by atomic mass is 19.1. The van der Waals surface area contributed by atoms with Crippen LogP contribution in [-0.2, 0) is 9.59 Å². The number of amides is 2. The molecule has 0 aliphatic heterocycles. The van der Waals surface area contributed by atoms with E-state index in [1.54, 1.807) is 15.4 Å². The molecule has 14 nitrogen and oxygen atoms in total. The van der Waals surface area contributed by atoms with Crippen LogP contribution < -0.4 is 10.6 Å². The molecule has 2 atom stereocenters. The van der Waals surface area contributed by atoms with Crippen LogP contribution >= 0.6 is 0 Å². The molecule has 0 radical (unpaired) electrons. The summed E-state index contributed by atoms with van der Waals surface area (Å²) in [5.74, 6) is -4.01. The lowest BCUT2D eigenvalue weighted by molar-refractivity contribution is -0.138. The fourth-order valence-corrected chi connectivity index (χ4v) is 6.60. The summed E-state index contributed by atoms with van der Waals surface area (Å²) in [4.78, 5) is 57.5. The van der Waals surface area contributed by atoms with Crippen molar-refractivity contribution in [2.75, 3.05) is 0 Å². The Balaban J connectivity index is 0.000000191. The van der Waals surface area contributed by atoms with Crippen molar-refractivity contribution in [3.63, 3.8) is 0 Å². The van der Waals surface area contributed by atoms with Crippen LogP contribution in [0.1, 0.15) is 57.3 Å². The summed E-state index contributed by atoms with van der Waals surface area (Å²) in [5.41, 5.74) is 3.48. The third kappa shape index (κ3) is 10.8. The molecule has 0 spiro atoms. The van der Waals surface area contributed by atoms with Crippen LogP contribution in [0.25, 0.3) is 34.2 Å². The van der Waals surface area contributed by atoms with E-state index < -0.39 is 53.9 Å². The van der Waals surface area contributed by atoms with E-state index in [0.29, 0.717) is 22.9 Å². The Morgan fingerprint density at radius 1 is 0.500 bits per heavy atom. The lowest BCUT2D eigenvalue weighted by atomic mass is 10.0. The van der Waals surface area contributed by atoms with Crippen LogP contribution in [0.5, 0.6) is 0 Å². The predicted octanol–water partition coefficient (Wildman–Crippen LogP) is 8.04. The number of para-hydroxylation sites is 2. The van der Waals surface area contributed by atoms with Crippen molar-refractivity contribution < 1.29 is 38.2 Å². The van der Waals surface area contributed by atoms with Crippen LogP contribution in [-0.4, -0.2) is 63.5 Å². The molecule has 0 aliphatic rings. The van der Waals surface area contributed by atoms with Crippen LogP contribution in [0.3, 0.4) is 0 Å². The Morgan fingerprint density at radius 3 is 1.33 bits per heavy atom. The largest absolute Gasteiger partial charge is 0.481 e. The van der Waals surface area contributed by atoms with Crippen LogP contribution in [0.2, 0.25) is 0 Å². The van der Waals surface area contributed by atoms with Gasteiger partial charge >= 0.3 is 11.9 Å². The molecule has 0 aliphatic carbocycles. The maximum absolute atomic E-state index is 14.3. The number of carbonyl (C=O) groups is 4. The van der Waals surface area contributed by atoms with E-state index in [4.69, 9.17) is 0 Å². The van der Waals surface area contributed by atoms with Crippen molar-refractivity contribution >= 4 is 23.8 Å². The van der Waals surface area contributed by atoms with Gasteiger partial charge in [0.05, 0.1) is 36.3 Å². The van der Waals surface area contributed by atoms with E-state index in [9.17, 15) is 38.2 Å². The monoisotopic (exact) mass is 860 g/mol. The molecular formula is C48H38F2N8O6. The van der Waals surface area contributed by atoms with Gasteiger partial charge in [-0.1, -0.05) is 127 Å². The molecule has 2 amide bonds. The molecule has 4 N–H and O–H groups in total. The summed E-state index contributed by atoms with van der Waals surface area (Å²) in [6, 6.07) is 46.1. The topological polar surface area (TPSA) is 194 Å². The minimum atomic E-state index is -1.17. The van der Waals surface area contributed by atoms with Gasteiger partial charge in [-0.3, -0.25) is 19.2 Å². The molecule has 16 heteroatoms. The van der Waals surface area contributed by atoms with Crippen LogP contribution in [0.15, 0.2) is 170 Å². The van der Waals surface area contributed by atoms with Crippen molar-refractivity contribution in [2.45, 2.75) is 24.9 Å². The lowest BCUT2D eigenvalue weighted by Crippen LogP contribution is -2.31. The number of aromatic nitrogens is 6. The van der Waals surface area contributed by atoms with E-state index in [-0.39, 0.29) is 23.6 Å². The summed E-state index contributed by atoms with van der Waals surface area (Å²) < 4.78 is 30.7. The molecule has 0 saturated carbocycles. The number of benzene rings is 6. The van der Waals surface area contributed by atoms with Gasteiger partial charge in [0.25, 0.3) is 11.8 Å². The third-order valence-corrected chi connectivity index (χ3v) is 9.61. The predicted molar refractivity (Wildman–Crippen MR) is 231 cm³/mol. The van der Waals surface area contributed by atoms with Gasteiger partial charge < -0.3 is 20.8 Å². The van der Waals surface area contributed by atoms with Gasteiger partial charge in [-0.2, -0.15) is 0 Å². The van der Waals surface area contributed by atoms with Crippen molar-refractivity contribution in [3.8, 4) is 34.2 Å². The molecule has 0 unspecified atom stereocenters. The third-order valence-electron chi connectivity index (χ3n) is 9.61. The van der Waals surface area contributed by atoms with Gasteiger partial charge in [-0.25, -0.2) is 28.1 Å². The Bertz CT molecular complexity index is 2750. The van der Waals surface area contributed by atoms with Gasteiger partial charge in [0.2, 0.25) is 11.6 Å². The Hall–Kier alpha value is -8.66. The first-order chi connectivity index (χ1) is 31.0. The number of carbonyl (C=O) groups excluding carboxylic acids is 2. The molecule has 0 saturated heterocycles. The second-order valence-corrected chi connectivity index (χ2v) is 14.1. The summed E-state index contributed by atoms with van der Waals surface area (Å²) in [6.45, 7) is 0. The normalized spacial score (nSPS) is 11.7. The highest BCUT2D eigenvalue weighted by Gasteiger charge is 2.26. The molecular weight excluding hydrogens is 823 g/mol. The molecule has 0 bridgehead atoms. The van der Waals surface area contributed by atoms with Crippen molar-refractivity contribution in [1.82, 2.24) is 40.2 Å².